The molecule has 5 nitrogen and oxygen atoms in total. The predicted molar refractivity (Wildman–Crippen MR) is 115 cm³/mol. The topological polar surface area (TPSA) is 71.3 Å². The molecule has 4 rings (SSSR count). The summed E-state index contributed by atoms with van der Waals surface area (Å²) < 4.78 is 45.5. The highest BCUT2D eigenvalue weighted by molar-refractivity contribution is 6.05. The molecular formula is C24H17F3N2O3. The summed E-state index contributed by atoms with van der Waals surface area (Å²) in [7, 11) is 0. The van der Waals surface area contributed by atoms with Crippen molar-refractivity contribution in [3.05, 3.63) is 99.7 Å². The van der Waals surface area contributed by atoms with E-state index in [4.69, 9.17) is 4.42 Å². The van der Waals surface area contributed by atoms with Gasteiger partial charge >= 0.3 is 6.18 Å². The fourth-order valence-electron chi connectivity index (χ4n) is 3.38. The minimum absolute atomic E-state index is 0.00812. The van der Waals surface area contributed by atoms with Gasteiger partial charge in [0.05, 0.1) is 22.2 Å². The first-order valence-electron chi connectivity index (χ1n) is 9.62. The maximum absolute atomic E-state index is 13.2. The van der Waals surface area contributed by atoms with E-state index in [1.807, 2.05) is 6.07 Å². The molecule has 0 unspecified atom stereocenters. The lowest BCUT2D eigenvalue weighted by Gasteiger charge is -2.15. The van der Waals surface area contributed by atoms with Crippen LogP contribution in [-0.4, -0.2) is 5.91 Å². The molecule has 3 aromatic carbocycles. The van der Waals surface area contributed by atoms with Gasteiger partial charge in [0.25, 0.3) is 5.91 Å². The van der Waals surface area contributed by atoms with E-state index in [1.165, 1.54) is 36.4 Å². The maximum atomic E-state index is 13.2. The number of alkyl halides is 3. The second-order valence-electron chi connectivity index (χ2n) is 7.06. The molecule has 1 aromatic heterocycles. The van der Waals surface area contributed by atoms with Gasteiger partial charge in [-0.15, -0.1) is 0 Å². The predicted octanol–water partition coefficient (Wildman–Crippen LogP) is 5.54. The average molecular weight is 438 g/mol. The molecule has 1 amide bonds. The Morgan fingerprint density at radius 3 is 2.31 bits per heavy atom. The van der Waals surface area contributed by atoms with Gasteiger partial charge < -0.3 is 4.42 Å². The van der Waals surface area contributed by atoms with E-state index in [0.717, 1.165) is 6.07 Å². The van der Waals surface area contributed by atoms with Crippen LogP contribution in [0.5, 0.6) is 0 Å². The van der Waals surface area contributed by atoms with Crippen LogP contribution in [-0.2, 0) is 6.18 Å². The second-order valence-corrected chi connectivity index (χ2v) is 7.06. The highest BCUT2D eigenvalue weighted by atomic mass is 19.4. The fourth-order valence-corrected chi connectivity index (χ4v) is 3.38. The Balaban J connectivity index is 1.73. The minimum atomic E-state index is -4.59. The average Bonchev–Trinajstić information content (AvgIpc) is 2.79. The van der Waals surface area contributed by atoms with Gasteiger partial charge in [-0.25, -0.2) is 0 Å². The standard InChI is InChI=1S/C24H17F3N2O3/c1-14-20(30)16-10-7-11-17(22(16)32-21(14)15-8-3-2-4-9-15)23(31)29-28-19-13-6-5-12-18(19)24(25,26)27/h2-13,28H,1H3,(H,29,31). The number of fused-ring (bicyclic) bond motifs is 1. The van der Waals surface area contributed by atoms with Crippen molar-refractivity contribution in [2.45, 2.75) is 13.1 Å². The van der Waals surface area contributed by atoms with E-state index < -0.39 is 17.6 Å². The normalized spacial score (nSPS) is 11.4. The van der Waals surface area contributed by atoms with Crippen molar-refractivity contribution in [3.63, 3.8) is 0 Å². The number of rotatable bonds is 4. The molecule has 0 aliphatic carbocycles. The molecule has 0 saturated heterocycles. The summed E-state index contributed by atoms with van der Waals surface area (Å²) >= 11 is 0. The second kappa shape index (κ2) is 8.22. The Bertz CT molecular complexity index is 1360. The molecule has 0 bridgehead atoms. The van der Waals surface area contributed by atoms with Crippen LogP contribution < -0.4 is 16.3 Å². The van der Waals surface area contributed by atoms with E-state index in [1.54, 1.807) is 31.2 Å². The number of hydrazine groups is 1. The Morgan fingerprint density at radius 2 is 1.59 bits per heavy atom. The summed E-state index contributed by atoms with van der Waals surface area (Å²) in [5.41, 5.74) is 4.15. The first-order chi connectivity index (χ1) is 15.3. The number of hydrogen-bond acceptors (Lipinski definition) is 4. The molecule has 0 aliphatic rings. The minimum Gasteiger partial charge on any atom is -0.455 e. The zero-order valence-electron chi connectivity index (χ0n) is 16.8. The molecular weight excluding hydrogens is 421 g/mol. The summed E-state index contributed by atoms with van der Waals surface area (Å²) in [5, 5.41) is 0.200. The van der Waals surface area contributed by atoms with Crippen LogP contribution >= 0.6 is 0 Å². The monoisotopic (exact) mass is 438 g/mol. The number of nitrogens with one attached hydrogen (secondary N) is 2. The molecule has 32 heavy (non-hydrogen) atoms. The van der Waals surface area contributed by atoms with Crippen molar-refractivity contribution in [3.8, 4) is 11.3 Å². The van der Waals surface area contributed by atoms with Gasteiger partial charge in [0.2, 0.25) is 0 Å². The van der Waals surface area contributed by atoms with Crippen LogP contribution in [0.2, 0.25) is 0 Å². The van der Waals surface area contributed by atoms with Crippen molar-refractivity contribution >= 4 is 22.6 Å². The third-order valence-electron chi connectivity index (χ3n) is 4.97. The number of carbonyl (C=O) groups excluding carboxylic acids is 1. The van der Waals surface area contributed by atoms with Crippen LogP contribution in [0.15, 0.2) is 82.0 Å². The van der Waals surface area contributed by atoms with Crippen molar-refractivity contribution in [1.29, 1.82) is 0 Å². The summed E-state index contributed by atoms with van der Waals surface area (Å²) in [6.45, 7) is 1.63. The van der Waals surface area contributed by atoms with E-state index in [2.05, 4.69) is 10.9 Å². The molecule has 0 radical (unpaired) electrons. The lowest BCUT2D eigenvalue weighted by Crippen LogP contribution is -2.30. The Morgan fingerprint density at radius 1 is 0.906 bits per heavy atom. The quantitative estimate of drug-likeness (QED) is 0.410. The van der Waals surface area contributed by atoms with Crippen LogP contribution in [0.1, 0.15) is 21.5 Å². The van der Waals surface area contributed by atoms with Gasteiger partial charge in [0, 0.05) is 11.1 Å². The first kappa shape index (κ1) is 21.2. The zero-order chi connectivity index (χ0) is 22.9. The lowest BCUT2D eigenvalue weighted by atomic mass is 10.0. The van der Waals surface area contributed by atoms with E-state index in [0.29, 0.717) is 16.9 Å². The molecule has 4 aromatic rings. The van der Waals surface area contributed by atoms with E-state index in [9.17, 15) is 22.8 Å². The van der Waals surface area contributed by atoms with E-state index >= 15 is 0 Å². The van der Waals surface area contributed by atoms with Crippen LogP contribution in [0.3, 0.4) is 0 Å². The van der Waals surface area contributed by atoms with Crippen LogP contribution in [0.25, 0.3) is 22.3 Å². The number of amides is 1. The largest absolute Gasteiger partial charge is 0.455 e. The highest BCUT2D eigenvalue weighted by Gasteiger charge is 2.33. The van der Waals surface area contributed by atoms with Crippen molar-refractivity contribution in [1.82, 2.24) is 5.43 Å². The van der Waals surface area contributed by atoms with Gasteiger partial charge in [-0.05, 0) is 31.2 Å². The Hall–Kier alpha value is -4.07. The maximum Gasteiger partial charge on any atom is 0.418 e. The number of anilines is 1. The number of para-hydroxylation sites is 2. The highest BCUT2D eigenvalue weighted by Crippen LogP contribution is 2.34. The molecule has 1 heterocycles. The number of hydrogen-bond donors (Lipinski definition) is 2. The van der Waals surface area contributed by atoms with Crippen molar-refractivity contribution in [2.24, 2.45) is 0 Å². The SMILES string of the molecule is Cc1c(-c2ccccc2)oc2c(C(=O)NNc3ccccc3C(F)(F)F)cccc2c1=O. The smallest absolute Gasteiger partial charge is 0.418 e. The third-order valence-corrected chi connectivity index (χ3v) is 4.97. The van der Waals surface area contributed by atoms with E-state index in [-0.39, 0.29) is 27.6 Å². The molecule has 8 heteroatoms. The van der Waals surface area contributed by atoms with Gasteiger partial charge in [0.1, 0.15) is 5.76 Å². The Kier molecular flexibility index (Phi) is 5.44. The molecule has 0 spiro atoms. The number of halogens is 3. The molecule has 0 aliphatic heterocycles. The fraction of sp³-hybridized carbons (Fsp3) is 0.0833. The number of benzene rings is 3. The van der Waals surface area contributed by atoms with Gasteiger partial charge in [-0.2, -0.15) is 13.2 Å². The molecule has 162 valence electrons. The molecule has 0 fully saturated rings. The molecule has 0 saturated carbocycles. The number of carbonyl (C=O) groups is 1. The summed E-state index contributed by atoms with van der Waals surface area (Å²) in [4.78, 5) is 25.7. The van der Waals surface area contributed by atoms with Crippen LogP contribution in [0, 0.1) is 6.92 Å². The van der Waals surface area contributed by atoms with Crippen molar-refractivity contribution < 1.29 is 22.4 Å². The Labute approximate surface area is 180 Å². The van der Waals surface area contributed by atoms with Gasteiger partial charge in [0.15, 0.2) is 11.0 Å². The van der Waals surface area contributed by atoms with Gasteiger partial charge in [-0.3, -0.25) is 20.4 Å². The van der Waals surface area contributed by atoms with Crippen LogP contribution in [0.4, 0.5) is 18.9 Å². The summed E-state index contributed by atoms with van der Waals surface area (Å²) in [5.74, 6) is -0.433. The molecule has 2 N–H and O–H groups in total. The zero-order valence-corrected chi connectivity index (χ0v) is 16.8. The lowest BCUT2D eigenvalue weighted by molar-refractivity contribution is -0.137. The van der Waals surface area contributed by atoms with Gasteiger partial charge in [-0.1, -0.05) is 48.5 Å². The summed E-state index contributed by atoms with van der Waals surface area (Å²) in [6, 6.07) is 18.2. The molecule has 0 atom stereocenters. The van der Waals surface area contributed by atoms with Crippen molar-refractivity contribution in [2.75, 3.05) is 5.43 Å². The summed E-state index contributed by atoms with van der Waals surface area (Å²) in [6.07, 6.45) is -4.59. The first-order valence-corrected chi connectivity index (χ1v) is 9.62. The third kappa shape index (κ3) is 3.94.